The molecule has 1 aromatic heterocycles. The number of benzene rings is 1. The highest BCUT2D eigenvalue weighted by molar-refractivity contribution is 7.17. The van der Waals surface area contributed by atoms with Gasteiger partial charge < -0.3 is 15.0 Å². The second-order valence-electron chi connectivity index (χ2n) is 10.3. The summed E-state index contributed by atoms with van der Waals surface area (Å²) in [6.07, 6.45) is 2.54. The molecule has 1 aliphatic heterocycles. The van der Waals surface area contributed by atoms with Crippen LogP contribution in [0, 0.1) is 0 Å². The molecule has 1 saturated carbocycles. The van der Waals surface area contributed by atoms with E-state index in [4.69, 9.17) is 4.74 Å². The van der Waals surface area contributed by atoms with Crippen molar-refractivity contribution in [1.82, 2.24) is 10.2 Å². The molecule has 1 aromatic carbocycles. The molecule has 4 rings (SSSR count). The number of alkyl halides is 1. The van der Waals surface area contributed by atoms with Crippen LogP contribution in [0.1, 0.15) is 52.9 Å². The Morgan fingerprint density at radius 3 is 2.59 bits per heavy atom. The van der Waals surface area contributed by atoms with Crippen LogP contribution >= 0.6 is 11.3 Å². The highest BCUT2D eigenvalue weighted by Gasteiger charge is 2.36. The summed E-state index contributed by atoms with van der Waals surface area (Å²) in [7, 11) is 0. The van der Waals surface area contributed by atoms with Crippen LogP contribution in [0.15, 0.2) is 29.6 Å². The van der Waals surface area contributed by atoms with Gasteiger partial charge in [-0.05, 0) is 76.5 Å². The fourth-order valence-electron chi connectivity index (χ4n) is 4.83. The number of halogens is 1. The lowest BCUT2D eigenvalue weighted by Crippen LogP contribution is -2.48. The van der Waals surface area contributed by atoms with Crippen molar-refractivity contribution in [3.8, 4) is 0 Å². The average Bonchev–Trinajstić information content (AvgIpc) is 3.22. The van der Waals surface area contributed by atoms with Gasteiger partial charge in [0.1, 0.15) is 11.3 Å². The van der Waals surface area contributed by atoms with Gasteiger partial charge in [0.2, 0.25) is 0 Å². The molecular formula is C25H36FN3O2S. The van der Waals surface area contributed by atoms with Gasteiger partial charge in [-0.15, -0.1) is 11.3 Å². The predicted octanol–water partition coefficient (Wildman–Crippen LogP) is 5.59. The molecule has 176 valence electrons. The number of hydrogen-bond acceptors (Lipinski definition) is 5. The lowest BCUT2D eigenvalue weighted by atomic mass is 9.81. The number of amides is 1. The zero-order valence-electron chi connectivity index (χ0n) is 19.5. The number of ether oxygens (including phenoxy) is 1. The fourth-order valence-corrected chi connectivity index (χ4v) is 5.64. The van der Waals surface area contributed by atoms with E-state index in [-0.39, 0.29) is 6.04 Å². The Labute approximate surface area is 194 Å². The van der Waals surface area contributed by atoms with Crippen molar-refractivity contribution in [3.63, 3.8) is 0 Å². The first-order valence-electron chi connectivity index (χ1n) is 11.8. The number of rotatable bonds is 5. The summed E-state index contributed by atoms with van der Waals surface area (Å²) < 4.78 is 22.1. The molecule has 0 unspecified atom stereocenters. The quantitative estimate of drug-likeness (QED) is 0.631. The van der Waals surface area contributed by atoms with Crippen LogP contribution < -0.4 is 10.2 Å². The molecule has 0 atom stereocenters. The summed E-state index contributed by atoms with van der Waals surface area (Å²) in [6.45, 7) is 10.3. The Morgan fingerprint density at radius 1 is 1.19 bits per heavy atom. The second kappa shape index (κ2) is 9.56. The van der Waals surface area contributed by atoms with Crippen LogP contribution in [-0.2, 0) is 4.74 Å². The van der Waals surface area contributed by atoms with Gasteiger partial charge in [-0.3, -0.25) is 4.90 Å². The van der Waals surface area contributed by atoms with E-state index >= 15 is 4.39 Å². The number of piperazine rings is 1. The largest absolute Gasteiger partial charge is 0.444 e. The average molecular weight is 462 g/mol. The predicted molar refractivity (Wildman–Crippen MR) is 131 cm³/mol. The number of nitrogens with zero attached hydrogens (tertiary/aromatic N) is 2. The Kier molecular flexibility index (Phi) is 6.96. The molecule has 0 radical (unpaired) electrons. The lowest BCUT2D eigenvalue weighted by molar-refractivity contribution is 0.0398. The number of hydrogen-bond donors (Lipinski definition) is 1. The number of nitrogens with one attached hydrogen (secondary N) is 1. The topological polar surface area (TPSA) is 44.8 Å². The van der Waals surface area contributed by atoms with Gasteiger partial charge in [0, 0.05) is 54.5 Å². The normalized spacial score (nSPS) is 25.1. The summed E-state index contributed by atoms with van der Waals surface area (Å²) in [5.41, 5.74) is -0.310. The molecule has 1 amide bonds. The molecule has 2 fully saturated rings. The first kappa shape index (κ1) is 23.3. The highest BCUT2D eigenvalue weighted by atomic mass is 32.1. The monoisotopic (exact) mass is 461 g/mol. The molecule has 1 N–H and O–H groups in total. The van der Waals surface area contributed by atoms with E-state index < -0.39 is 17.4 Å². The number of anilines is 1. The van der Waals surface area contributed by atoms with Crippen LogP contribution in [0.2, 0.25) is 0 Å². The van der Waals surface area contributed by atoms with Crippen molar-refractivity contribution in [2.45, 2.75) is 70.2 Å². The molecule has 32 heavy (non-hydrogen) atoms. The molecule has 5 nitrogen and oxygen atoms in total. The molecule has 2 heterocycles. The van der Waals surface area contributed by atoms with E-state index in [1.54, 1.807) is 11.3 Å². The Hall–Kier alpha value is -1.86. The molecule has 7 heteroatoms. The van der Waals surface area contributed by atoms with Crippen LogP contribution in [0.5, 0.6) is 0 Å². The highest BCUT2D eigenvalue weighted by Crippen LogP contribution is 2.36. The maximum Gasteiger partial charge on any atom is 0.407 e. The Bertz CT molecular complexity index is 909. The fraction of sp³-hybridized carbons (Fsp3) is 0.640. The minimum atomic E-state index is -1.12. The van der Waals surface area contributed by atoms with Gasteiger partial charge in [0.05, 0.1) is 0 Å². The van der Waals surface area contributed by atoms with Crippen LogP contribution in [0.3, 0.4) is 0 Å². The Morgan fingerprint density at radius 2 is 1.91 bits per heavy atom. The summed E-state index contributed by atoms with van der Waals surface area (Å²) in [6, 6.07) is 8.75. The zero-order valence-corrected chi connectivity index (χ0v) is 20.3. The SMILES string of the molecule is CC(C)(C)OC(=O)N[C@H]1CC[C@](F)(CCN2CCN(c3cccc4sccc34)CC2)CC1. The van der Waals surface area contributed by atoms with E-state index in [1.807, 2.05) is 20.8 Å². The molecule has 0 bridgehead atoms. The third kappa shape index (κ3) is 5.93. The van der Waals surface area contributed by atoms with E-state index in [9.17, 15) is 4.79 Å². The third-order valence-corrected chi connectivity index (χ3v) is 7.55. The number of carbonyl (C=O) groups is 1. The first-order valence-corrected chi connectivity index (χ1v) is 12.7. The molecule has 1 saturated heterocycles. The van der Waals surface area contributed by atoms with Crippen LogP contribution in [0.4, 0.5) is 14.9 Å². The van der Waals surface area contributed by atoms with E-state index in [1.165, 1.54) is 15.8 Å². The zero-order chi connectivity index (χ0) is 22.8. The minimum absolute atomic E-state index is 0.0112. The van der Waals surface area contributed by atoms with E-state index in [0.717, 1.165) is 32.7 Å². The molecule has 2 aromatic rings. The molecule has 0 spiro atoms. The van der Waals surface area contributed by atoms with Crippen LogP contribution in [-0.4, -0.2) is 61.0 Å². The number of fused-ring (bicyclic) bond motifs is 1. The number of alkyl carbamates (subject to hydrolysis) is 1. The van der Waals surface area contributed by atoms with E-state index in [0.29, 0.717) is 32.1 Å². The molecule has 1 aliphatic carbocycles. The summed E-state index contributed by atoms with van der Waals surface area (Å²) in [5, 5.41) is 6.40. The van der Waals surface area contributed by atoms with Gasteiger partial charge >= 0.3 is 6.09 Å². The first-order chi connectivity index (χ1) is 15.2. The maximum atomic E-state index is 15.4. The molecular weight excluding hydrogens is 425 g/mol. The van der Waals surface area contributed by atoms with Gasteiger partial charge in [0.25, 0.3) is 0 Å². The second-order valence-corrected chi connectivity index (χ2v) is 11.2. The standard InChI is InChI=1S/C25H36FN3O2S/c1-24(2,3)31-23(30)27-19-7-10-25(26,11-8-19)12-13-28-14-16-29(17-15-28)21-5-4-6-22-20(21)9-18-32-22/h4-6,9,18-19H,7-8,10-17H2,1-3H3,(H,27,30)/t19-,25+. The van der Waals surface area contributed by atoms with Crippen molar-refractivity contribution >= 4 is 33.2 Å². The van der Waals surface area contributed by atoms with E-state index in [2.05, 4.69) is 44.8 Å². The van der Waals surface area contributed by atoms with Crippen molar-refractivity contribution in [1.29, 1.82) is 0 Å². The van der Waals surface area contributed by atoms with Crippen LogP contribution in [0.25, 0.3) is 10.1 Å². The van der Waals surface area contributed by atoms with Gasteiger partial charge in [-0.25, -0.2) is 9.18 Å². The molecule has 2 aliphatic rings. The van der Waals surface area contributed by atoms with Crippen molar-refractivity contribution in [2.24, 2.45) is 0 Å². The van der Waals surface area contributed by atoms with Crippen molar-refractivity contribution in [2.75, 3.05) is 37.6 Å². The minimum Gasteiger partial charge on any atom is -0.444 e. The summed E-state index contributed by atoms with van der Waals surface area (Å²) >= 11 is 1.79. The smallest absolute Gasteiger partial charge is 0.407 e. The van der Waals surface area contributed by atoms with Gasteiger partial charge in [-0.2, -0.15) is 0 Å². The lowest BCUT2D eigenvalue weighted by Gasteiger charge is -2.39. The summed E-state index contributed by atoms with van der Waals surface area (Å²) in [4.78, 5) is 16.8. The maximum absolute atomic E-state index is 15.4. The third-order valence-electron chi connectivity index (χ3n) is 6.66. The number of carbonyl (C=O) groups excluding carboxylic acids is 1. The Balaban J connectivity index is 1.20. The van der Waals surface area contributed by atoms with Gasteiger partial charge in [-0.1, -0.05) is 6.07 Å². The number of thiophene rings is 1. The van der Waals surface area contributed by atoms with Gasteiger partial charge in [0.15, 0.2) is 0 Å². The summed E-state index contributed by atoms with van der Waals surface area (Å²) in [5.74, 6) is 0. The van der Waals surface area contributed by atoms with Crippen molar-refractivity contribution in [3.05, 3.63) is 29.6 Å². The van der Waals surface area contributed by atoms with Crippen molar-refractivity contribution < 1.29 is 13.9 Å².